The van der Waals surface area contributed by atoms with Crippen molar-refractivity contribution in [2.75, 3.05) is 12.4 Å². The SMILES string of the molecule is COc1cc(C(=O)Nc2csc(-c3ccncc3)n2)ccc1OC1CCCC1. The average Bonchev–Trinajstić information content (AvgIpc) is 3.41. The first-order valence-corrected chi connectivity index (χ1v) is 10.1. The summed E-state index contributed by atoms with van der Waals surface area (Å²) in [7, 11) is 1.58. The molecule has 0 bridgehead atoms. The number of benzene rings is 1. The highest BCUT2D eigenvalue weighted by Gasteiger charge is 2.19. The minimum atomic E-state index is -0.239. The fraction of sp³-hybridized carbons (Fsp3) is 0.286. The fourth-order valence-corrected chi connectivity index (χ4v) is 4.00. The van der Waals surface area contributed by atoms with Gasteiger partial charge >= 0.3 is 0 Å². The number of methoxy groups -OCH3 is 1. The Morgan fingerprint density at radius 1 is 1.14 bits per heavy atom. The Labute approximate surface area is 167 Å². The van der Waals surface area contributed by atoms with Crippen LogP contribution < -0.4 is 14.8 Å². The summed E-state index contributed by atoms with van der Waals surface area (Å²) >= 11 is 1.47. The Morgan fingerprint density at radius 2 is 1.93 bits per heavy atom. The number of nitrogens with zero attached hydrogens (tertiary/aromatic N) is 2. The van der Waals surface area contributed by atoms with E-state index in [1.807, 2.05) is 17.5 Å². The zero-order chi connectivity index (χ0) is 19.3. The van der Waals surface area contributed by atoms with Gasteiger partial charge in [0.05, 0.1) is 13.2 Å². The van der Waals surface area contributed by atoms with Crippen molar-refractivity contribution in [1.82, 2.24) is 9.97 Å². The molecule has 0 radical (unpaired) electrons. The Kier molecular flexibility index (Phi) is 5.53. The summed E-state index contributed by atoms with van der Waals surface area (Å²) in [5, 5.41) is 5.49. The van der Waals surface area contributed by atoms with Crippen LogP contribution in [0, 0.1) is 0 Å². The van der Waals surface area contributed by atoms with Crippen LogP contribution >= 0.6 is 11.3 Å². The highest BCUT2D eigenvalue weighted by Crippen LogP contribution is 2.33. The topological polar surface area (TPSA) is 73.3 Å². The Hall–Kier alpha value is -2.93. The molecule has 7 heteroatoms. The lowest BCUT2D eigenvalue weighted by molar-refractivity contribution is 0.102. The van der Waals surface area contributed by atoms with Crippen LogP contribution in [0.1, 0.15) is 36.0 Å². The maximum Gasteiger partial charge on any atom is 0.256 e. The van der Waals surface area contributed by atoms with E-state index in [4.69, 9.17) is 9.47 Å². The summed E-state index contributed by atoms with van der Waals surface area (Å²) in [4.78, 5) is 21.1. The van der Waals surface area contributed by atoms with E-state index < -0.39 is 0 Å². The predicted molar refractivity (Wildman–Crippen MR) is 109 cm³/mol. The smallest absolute Gasteiger partial charge is 0.256 e. The van der Waals surface area contributed by atoms with Gasteiger partial charge in [0.25, 0.3) is 5.91 Å². The van der Waals surface area contributed by atoms with Crippen molar-refractivity contribution in [3.05, 3.63) is 53.7 Å². The lowest BCUT2D eigenvalue weighted by Crippen LogP contribution is -2.14. The van der Waals surface area contributed by atoms with Gasteiger partial charge < -0.3 is 14.8 Å². The standard InChI is InChI=1S/C21H21N3O3S/c1-26-18-12-15(6-7-17(18)27-16-4-2-3-5-16)20(25)23-19-13-28-21(24-19)14-8-10-22-11-9-14/h6-13,16H,2-5H2,1H3,(H,23,25). The van der Waals surface area contributed by atoms with Gasteiger partial charge in [-0.1, -0.05) is 0 Å². The molecule has 2 heterocycles. The van der Waals surface area contributed by atoms with Gasteiger partial charge in [0.2, 0.25) is 0 Å². The Balaban J connectivity index is 1.46. The van der Waals surface area contributed by atoms with Crippen LogP contribution in [-0.4, -0.2) is 29.1 Å². The first-order chi connectivity index (χ1) is 13.7. The van der Waals surface area contributed by atoms with E-state index in [9.17, 15) is 4.79 Å². The first kappa shape index (κ1) is 18.4. The maximum absolute atomic E-state index is 12.6. The molecule has 1 amide bonds. The largest absolute Gasteiger partial charge is 0.493 e. The lowest BCUT2D eigenvalue weighted by atomic mass is 10.2. The molecule has 0 spiro atoms. The third kappa shape index (κ3) is 4.14. The molecule has 0 unspecified atom stereocenters. The van der Waals surface area contributed by atoms with Gasteiger partial charge in [-0.3, -0.25) is 9.78 Å². The third-order valence-electron chi connectivity index (χ3n) is 4.69. The minimum Gasteiger partial charge on any atom is -0.493 e. The van der Waals surface area contributed by atoms with E-state index in [0.29, 0.717) is 22.9 Å². The van der Waals surface area contributed by atoms with Gasteiger partial charge in [-0.05, 0) is 56.0 Å². The van der Waals surface area contributed by atoms with E-state index in [-0.39, 0.29) is 12.0 Å². The van der Waals surface area contributed by atoms with Crippen molar-refractivity contribution in [2.45, 2.75) is 31.8 Å². The van der Waals surface area contributed by atoms with Crippen LogP contribution in [0.5, 0.6) is 11.5 Å². The normalized spacial score (nSPS) is 14.0. The highest BCUT2D eigenvalue weighted by molar-refractivity contribution is 7.13. The number of aromatic nitrogens is 2. The molecule has 28 heavy (non-hydrogen) atoms. The number of rotatable bonds is 6. The molecular weight excluding hydrogens is 374 g/mol. The molecule has 1 aliphatic rings. The number of ether oxygens (including phenoxy) is 2. The predicted octanol–water partition coefficient (Wildman–Crippen LogP) is 4.79. The number of carbonyl (C=O) groups excluding carboxylic acids is 1. The molecule has 4 rings (SSSR count). The highest BCUT2D eigenvalue weighted by atomic mass is 32.1. The third-order valence-corrected chi connectivity index (χ3v) is 5.59. The van der Waals surface area contributed by atoms with Crippen LogP contribution in [0.4, 0.5) is 5.82 Å². The molecule has 0 atom stereocenters. The summed E-state index contributed by atoms with van der Waals surface area (Å²) in [6.07, 6.45) is 8.19. The number of hydrogen-bond donors (Lipinski definition) is 1. The van der Waals surface area contributed by atoms with Crippen molar-refractivity contribution in [2.24, 2.45) is 0 Å². The molecule has 3 aromatic rings. The van der Waals surface area contributed by atoms with Crippen LogP contribution in [0.3, 0.4) is 0 Å². The molecular formula is C21H21N3O3S. The van der Waals surface area contributed by atoms with Crippen molar-refractivity contribution in [1.29, 1.82) is 0 Å². The van der Waals surface area contributed by atoms with E-state index in [1.54, 1.807) is 37.7 Å². The summed E-state index contributed by atoms with van der Waals surface area (Å²) < 4.78 is 11.5. The lowest BCUT2D eigenvalue weighted by Gasteiger charge is -2.16. The molecule has 1 saturated carbocycles. The first-order valence-electron chi connectivity index (χ1n) is 9.25. The van der Waals surface area contributed by atoms with Crippen LogP contribution in [-0.2, 0) is 0 Å². The molecule has 6 nitrogen and oxygen atoms in total. The molecule has 0 aliphatic heterocycles. The van der Waals surface area contributed by atoms with Crippen LogP contribution in [0.15, 0.2) is 48.1 Å². The number of thiazole rings is 1. The van der Waals surface area contributed by atoms with Gasteiger partial charge in [-0.25, -0.2) is 4.98 Å². The number of anilines is 1. The van der Waals surface area contributed by atoms with Gasteiger partial charge in [0.15, 0.2) is 11.5 Å². The number of hydrogen-bond acceptors (Lipinski definition) is 6. The van der Waals surface area contributed by atoms with Crippen molar-refractivity contribution >= 4 is 23.1 Å². The van der Waals surface area contributed by atoms with E-state index in [1.165, 1.54) is 24.2 Å². The minimum absolute atomic E-state index is 0.232. The summed E-state index contributed by atoms with van der Waals surface area (Å²) in [5.41, 5.74) is 1.46. The molecule has 144 valence electrons. The van der Waals surface area contributed by atoms with Gasteiger partial charge in [0.1, 0.15) is 10.8 Å². The fourth-order valence-electron chi connectivity index (χ4n) is 3.24. The summed E-state index contributed by atoms with van der Waals surface area (Å²) in [6.45, 7) is 0. The number of pyridine rings is 1. The van der Waals surface area contributed by atoms with Crippen LogP contribution in [0.2, 0.25) is 0 Å². The second-order valence-electron chi connectivity index (χ2n) is 6.62. The zero-order valence-electron chi connectivity index (χ0n) is 15.6. The van der Waals surface area contributed by atoms with E-state index in [0.717, 1.165) is 23.4 Å². The van der Waals surface area contributed by atoms with E-state index in [2.05, 4.69) is 15.3 Å². The Bertz CT molecular complexity index is 953. The second-order valence-corrected chi connectivity index (χ2v) is 7.48. The number of nitrogens with one attached hydrogen (secondary N) is 1. The van der Waals surface area contributed by atoms with Gasteiger partial charge in [-0.15, -0.1) is 11.3 Å². The number of amides is 1. The summed E-state index contributed by atoms with van der Waals surface area (Å²) in [6, 6.07) is 9.03. The second kappa shape index (κ2) is 8.39. The van der Waals surface area contributed by atoms with Crippen molar-refractivity contribution < 1.29 is 14.3 Å². The Morgan fingerprint density at radius 3 is 2.68 bits per heavy atom. The average molecular weight is 395 g/mol. The quantitative estimate of drug-likeness (QED) is 0.650. The maximum atomic E-state index is 12.6. The summed E-state index contributed by atoms with van der Waals surface area (Å²) in [5.74, 6) is 1.53. The molecule has 2 aromatic heterocycles. The molecule has 1 N–H and O–H groups in total. The molecule has 1 aromatic carbocycles. The molecule has 1 aliphatic carbocycles. The van der Waals surface area contributed by atoms with Crippen molar-refractivity contribution in [3.63, 3.8) is 0 Å². The molecule has 0 saturated heterocycles. The zero-order valence-corrected chi connectivity index (χ0v) is 16.4. The van der Waals surface area contributed by atoms with Gasteiger partial charge in [-0.2, -0.15) is 0 Å². The molecule has 1 fully saturated rings. The van der Waals surface area contributed by atoms with Gasteiger partial charge in [0, 0.05) is 28.9 Å². The van der Waals surface area contributed by atoms with Crippen molar-refractivity contribution in [3.8, 4) is 22.1 Å². The van der Waals surface area contributed by atoms with Crippen LogP contribution in [0.25, 0.3) is 10.6 Å². The van der Waals surface area contributed by atoms with E-state index >= 15 is 0 Å². The number of carbonyl (C=O) groups is 1. The monoisotopic (exact) mass is 395 g/mol.